The van der Waals surface area contributed by atoms with Gasteiger partial charge in [-0.05, 0) is 37.3 Å². The number of benzene rings is 1. The summed E-state index contributed by atoms with van der Waals surface area (Å²) in [5.41, 5.74) is 3.13. The predicted molar refractivity (Wildman–Crippen MR) is 75.7 cm³/mol. The molecular formula is C16H22N2. The van der Waals surface area contributed by atoms with Crippen molar-refractivity contribution in [3.8, 4) is 6.07 Å². The lowest BCUT2D eigenvalue weighted by molar-refractivity contribution is 0.321. The first kappa shape index (κ1) is 13.0. The monoisotopic (exact) mass is 242 g/mol. The van der Waals surface area contributed by atoms with E-state index in [-0.39, 0.29) is 0 Å². The summed E-state index contributed by atoms with van der Waals surface area (Å²) >= 11 is 0. The number of hydrogen-bond donors (Lipinski definition) is 0. The average molecular weight is 242 g/mol. The first-order valence-corrected chi connectivity index (χ1v) is 6.87. The highest BCUT2D eigenvalue weighted by Gasteiger charge is 2.26. The van der Waals surface area contributed by atoms with Crippen LogP contribution in [0, 0.1) is 24.2 Å². The molecule has 96 valence electrons. The molecule has 0 N–H and O–H groups in total. The zero-order valence-electron chi connectivity index (χ0n) is 11.6. The summed E-state index contributed by atoms with van der Waals surface area (Å²) in [6.07, 6.45) is 5.22. The van der Waals surface area contributed by atoms with Gasteiger partial charge in [0.25, 0.3) is 0 Å². The zero-order chi connectivity index (χ0) is 13.1. The van der Waals surface area contributed by atoms with Crippen LogP contribution in [0.2, 0.25) is 0 Å². The molecule has 2 heteroatoms. The Morgan fingerprint density at radius 3 is 2.67 bits per heavy atom. The Bertz CT molecular complexity index is 459. The fraction of sp³-hybridized carbons (Fsp3) is 0.562. The van der Waals surface area contributed by atoms with Crippen molar-refractivity contribution in [2.75, 3.05) is 11.9 Å². The Hall–Kier alpha value is -1.49. The van der Waals surface area contributed by atoms with Crippen molar-refractivity contribution in [3.05, 3.63) is 29.3 Å². The zero-order valence-corrected chi connectivity index (χ0v) is 11.6. The number of nitriles is 1. The quantitative estimate of drug-likeness (QED) is 0.787. The molecule has 1 fully saturated rings. The van der Waals surface area contributed by atoms with Gasteiger partial charge in [0.2, 0.25) is 0 Å². The van der Waals surface area contributed by atoms with Gasteiger partial charge in [-0.15, -0.1) is 0 Å². The maximum atomic E-state index is 9.28. The lowest BCUT2D eigenvalue weighted by Crippen LogP contribution is -2.39. The molecule has 0 bridgehead atoms. The maximum Gasteiger partial charge on any atom is 0.101 e. The third kappa shape index (κ3) is 2.36. The van der Waals surface area contributed by atoms with Crippen LogP contribution in [0.25, 0.3) is 0 Å². The Morgan fingerprint density at radius 2 is 2.00 bits per heavy atom. The molecule has 1 aromatic carbocycles. The van der Waals surface area contributed by atoms with Gasteiger partial charge in [-0.3, -0.25) is 0 Å². The van der Waals surface area contributed by atoms with Gasteiger partial charge in [0.15, 0.2) is 0 Å². The minimum absolute atomic E-state index is 0.576. The van der Waals surface area contributed by atoms with Crippen LogP contribution in [0.15, 0.2) is 18.2 Å². The van der Waals surface area contributed by atoms with Crippen molar-refractivity contribution < 1.29 is 0 Å². The summed E-state index contributed by atoms with van der Waals surface area (Å²) in [5.74, 6) is 0.717. The topological polar surface area (TPSA) is 27.0 Å². The largest absolute Gasteiger partial charge is 0.370 e. The molecule has 0 aliphatic heterocycles. The van der Waals surface area contributed by atoms with E-state index in [0.29, 0.717) is 6.04 Å². The standard InChI is InChI=1S/C16H22N2/c1-12-7-4-5-10-15(12)18(3)16-13(2)8-6-9-14(16)11-17/h6,8-9,12,15H,4-5,7,10H2,1-3H3. The molecule has 18 heavy (non-hydrogen) atoms. The first-order chi connectivity index (χ1) is 8.65. The van der Waals surface area contributed by atoms with Crippen LogP contribution in [0.4, 0.5) is 5.69 Å². The fourth-order valence-electron chi connectivity index (χ4n) is 3.26. The van der Waals surface area contributed by atoms with E-state index in [4.69, 9.17) is 0 Å². The normalized spacial score (nSPS) is 23.4. The van der Waals surface area contributed by atoms with Crippen LogP contribution in [-0.2, 0) is 0 Å². The third-order valence-electron chi connectivity index (χ3n) is 4.27. The number of aryl methyl sites for hydroxylation is 1. The van der Waals surface area contributed by atoms with Gasteiger partial charge in [0.05, 0.1) is 11.3 Å². The maximum absolute atomic E-state index is 9.28. The summed E-state index contributed by atoms with van der Waals surface area (Å²) in [5, 5.41) is 9.28. The van der Waals surface area contributed by atoms with Gasteiger partial charge in [-0.2, -0.15) is 5.26 Å². The lowest BCUT2D eigenvalue weighted by atomic mass is 9.84. The minimum atomic E-state index is 0.576. The second-order valence-corrected chi connectivity index (χ2v) is 5.52. The molecule has 2 atom stereocenters. The molecule has 1 saturated carbocycles. The van der Waals surface area contributed by atoms with Gasteiger partial charge < -0.3 is 4.90 Å². The van der Waals surface area contributed by atoms with Crippen LogP contribution in [-0.4, -0.2) is 13.1 Å². The average Bonchev–Trinajstić information content (AvgIpc) is 2.38. The van der Waals surface area contributed by atoms with Crippen molar-refractivity contribution in [1.82, 2.24) is 0 Å². The Kier molecular flexibility index (Phi) is 3.91. The summed E-state index contributed by atoms with van der Waals surface area (Å²) in [6, 6.07) is 8.89. The number of hydrogen-bond acceptors (Lipinski definition) is 2. The highest BCUT2D eigenvalue weighted by atomic mass is 15.1. The molecule has 1 aliphatic rings. The number of nitrogens with zero attached hydrogens (tertiary/aromatic N) is 2. The third-order valence-corrected chi connectivity index (χ3v) is 4.27. The smallest absolute Gasteiger partial charge is 0.101 e. The van der Waals surface area contributed by atoms with Gasteiger partial charge in [-0.1, -0.05) is 31.9 Å². The second kappa shape index (κ2) is 5.44. The van der Waals surface area contributed by atoms with Crippen LogP contribution in [0.3, 0.4) is 0 Å². The van der Waals surface area contributed by atoms with Gasteiger partial charge in [0.1, 0.15) is 6.07 Å². The number of anilines is 1. The summed E-state index contributed by atoms with van der Waals surface area (Å²) in [4.78, 5) is 2.34. The Balaban J connectivity index is 2.33. The second-order valence-electron chi connectivity index (χ2n) is 5.52. The van der Waals surface area contributed by atoms with Crippen LogP contribution in [0.5, 0.6) is 0 Å². The van der Waals surface area contributed by atoms with E-state index in [1.807, 2.05) is 12.1 Å². The molecule has 2 unspecified atom stereocenters. The molecule has 0 radical (unpaired) electrons. The Labute approximate surface area is 110 Å². The molecule has 0 amide bonds. The highest BCUT2D eigenvalue weighted by Crippen LogP contribution is 2.33. The van der Waals surface area contributed by atoms with Gasteiger partial charge in [0, 0.05) is 13.1 Å². The van der Waals surface area contributed by atoms with E-state index in [0.717, 1.165) is 17.2 Å². The van der Waals surface area contributed by atoms with E-state index in [1.165, 1.54) is 31.2 Å². The molecule has 0 saturated heterocycles. The summed E-state index contributed by atoms with van der Waals surface area (Å²) in [7, 11) is 2.15. The van der Waals surface area contributed by atoms with Crippen molar-refractivity contribution in [1.29, 1.82) is 5.26 Å². The van der Waals surface area contributed by atoms with Crippen LogP contribution < -0.4 is 4.90 Å². The van der Waals surface area contributed by atoms with Crippen LogP contribution >= 0.6 is 0 Å². The van der Waals surface area contributed by atoms with Crippen molar-refractivity contribution in [2.24, 2.45) is 5.92 Å². The highest BCUT2D eigenvalue weighted by molar-refractivity contribution is 5.64. The lowest BCUT2D eigenvalue weighted by Gasteiger charge is -2.38. The molecule has 0 spiro atoms. The SMILES string of the molecule is Cc1cccc(C#N)c1N(C)C1CCCCC1C. The molecular weight excluding hydrogens is 220 g/mol. The van der Waals surface area contributed by atoms with Gasteiger partial charge in [-0.25, -0.2) is 0 Å². The van der Waals surface area contributed by atoms with Crippen LogP contribution in [0.1, 0.15) is 43.7 Å². The molecule has 2 nitrogen and oxygen atoms in total. The Morgan fingerprint density at radius 1 is 1.28 bits per heavy atom. The first-order valence-electron chi connectivity index (χ1n) is 6.87. The van der Waals surface area contributed by atoms with E-state index in [1.54, 1.807) is 0 Å². The van der Waals surface area contributed by atoms with Crippen molar-refractivity contribution in [3.63, 3.8) is 0 Å². The van der Waals surface area contributed by atoms with Crippen molar-refractivity contribution in [2.45, 2.75) is 45.6 Å². The van der Waals surface area contributed by atoms with E-state index < -0.39 is 0 Å². The minimum Gasteiger partial charge on any atom is -0.370 e. The van der Waals surface area contributed by atoms with E-state index in [2.05, 4.69) is 37.9 Å². The molecule has 0 heterocycles. The fourth-order valence-corrected chi connectivity index (χ4v) is 3.26. The summed E-state index contributed by atoms with van der Waals surface area (Å²) < 4.78 is 0. The molecule has 2 rings (SSSR count). The number of rotatable bonds is 2. The predicted octanol–water partition coefficient (Wildman–Crippen LogP) is 3.88. The molecule has 0 aromatic heterocycles. The van der Waals surface area contributed by atoms with E-state index >= 15 is 0 Å². The van der Waals surface area contributed by atoms with Crippen molar-refractivity contribution >= 4 is 5.69 Å². The number of para-hydroxylation sites is 1. The summed E-state index contributed by atoms with van der Waals surface area (Å²) in [6.45, 7) is 4.44. The van der Waals surface area contributed by atoms with Gasteiger partial charge >= 0.3 is 0 Å². The van der Waals surface area contributed by atoms with E-state index in [9.17, 15) is 5.26 Å². The molecule has 1 aliphatic carbocycles. The molecule has 1 aromatic rings.